The highest BCUT2D eigenvalue weighted by molar-refractivity contribution is 6.13. The molecule has 0 aliphatic carbocycles. The topological polar surface area (TPSA) is 142 Å². The van der Waals surface area contributed by atoms with Crippen LogP contribution in [0.15, 0.2) is 207 Å². The minimum absolute atomic E-state index is 0.480. The van der Waals surface area contributed by atoms with Crippen molar-refractivity contribution >= 4 is 43.6 Å². The monoisotopic (exact) mass is 914 g/mol. The number of pyridine rings is 1. The maximum atomic E-state index is 10.8. The van der Waals surface area contributed by atoms with E-state index in [2.05, 4.69) is 123 Å². The fourth-order valence-corrected chi connectivity index (χ4v) is 10.2. The van der Waals surface area contributed by atoms with E-state index >= 15 is 0 Å². The Labute approximate surface area is 413 Å². The van der Waals surface area contributed by atoms with Crippen LogP contribution in [0.1, 0.15) is 27.8 Å². The Morgan fingerprint density at radius 1 is 0.319 bits per heavy atom. The summed E-state index contributed by atoms with van der Waals surface area (Å²) in [5, 5.41) is 53.8. The molecular formula is C64H34N8. The van der Waals surface area contributed by atoms with Crippen LogP contribution in [0.25, 0.3) is 111 Å². The smallest absolute Gasteiger partial charge is 0.0998 e. The maximum Gasteiger partial charge on any atom is 0.0998 e. The summed E-state index contributed by atoms with van der Waals surface area (Å²) in [7, 11) is 0. The summed E-state index contributed by atoms with van der Waals surface area (Å²) in [6.45, 7) is 0. The third-order valence-electron chi connectivity index (χ3n) is 13.5. The second-order valence-corrected chi connectivity index (χ2v) is 17.6. The van der Waals surface area contributed by atoms with Crippen molar-refractivity contribution < 1.29 is 0 Å². The predicted octanol–water partition coefficient (Wildman–Crippen LogP) is 15.0. The molecule has 9 aromatic carbocycles. The van der Waals surface area contributed by atoms with Gasteiger partial charge in [0.25, 0.3) is 0 Å². The minimum Gasteiger partial charge on any atom is -0.309 e. The molecule has 0 bridgehead atoms. The van der Waals surface area contributed by atoms with E-state index in [9.17, 15) is 26.3 Å². The average molecular weight is 915 g/mol. The molecule has 0 N–H and O–H groups in total. The molecule has 8 nitrogen and oxygen atoms in total. The van der Waals surface area contributed by atoms with Gasteiger partial charge in [0, 0.05) is 50.8 Å². The number of hydrogen-bond donors (Lipinski definition) is 0. The summed E-state index contributed by atoms with van der Waals surface area (Å²) >= 11 is 0. The Kier molecular flexibility index (Phi) is 10.3. The van der Waals surface area contributed by atoms with E-state index in [1.807, 2.05) is 97.2 Å². The van der Waals surface area contributed by atoms with Crippen molar-refractivity contribution in [2.75, 3.05) is 0 Å². The zero-order valence-electron chi connectivity index (χ0n) is 38.2. The lowest BCUT2D eigenvalue weighted by Crippen LogP contribution is -2.01. The fraction of sp³-hybridized carbons (Fsp3) is 0. The second-order valence-electron chi connectivity index (χ2n) is 17.6. The molecule has 3 heterocycles. The van der Waals surface area contributed by atoms with Gasteiger partial charge in [-0.3, -0.25) is 4.98 Å². The SMILES string of the molecule is N#Cc1cccc(-c2ccc3c(c2)c2cc(-c4cccc(C#N)c4)ccc2n3-c2ccc(C#N)c(-c3cnccc3-n3c4ccc(-c5cccc(C#N)c5)cc4c4cc(-c5cccc(C#N)c5)ccc43)c2)c1. The van der Waals surface area contributed by atoms with E-state index in [1.54, 1.807) is 30.5 Å². The zero-order chi connectivity index (χ0) is 48.9. The van der Waals surface area contributed by atoms with Crippen LogP contribution >= 0.6 is 0 Å². The molecule has 0 aliphatic rings. The fourth-order valence-electron chi connectivity index (χ4n) is 10.2. The van der Waals surface area contributed by atoms with Crippen molar-refractivity contribution in [3.05, 3.63) is 234 Å². The van der Waals surface area contributed by atoms with Gasteiger partial charge in [0.15, 0.2) is 0 Å². The van der Waals surface area contributed by atoms with Crippen molar-refractivity contribution in [1.82, 2.24) is 14.1 Å². The number of nitrogens with zero attached hydrogens (tertiary/aromatic N) is 8. The van der Waals surface area contributed by atoms with Gasteiger partial charge in [-0.15, -0.1) is 0 Å². The summed E-state index contributed by atoms with van der Waals surface area (Å²) in [6.07, 6.45) is 3.60. The average Bonchev–Trinajstić information content (AvgIpc) is 3.96. The summed E-state index contributed by atoms with van der Waals surface area (Å²) in [5.74, 6) is 0. The number of aromatic nitrogens is 3. The summed E-state index contributed by atoms with van der Waals surface area (Å²) in [4.78, 5) is 4.68. The highest BCUT2D eigenvalue weighted by Gasteiger charge is 2.22. The first kappa shape index (κ1) is 42.5. The number of nitriles is 5. The first-order chi connectivity index (χ1) is 35.4. The molecule has 0 fully saturated rings. The molecule has 0 saturated carbocycles. The van der Waals surface area contributed by atoms with Gasteiger partial charge in [0.05, 0.1) is 85.9 Å². The van der Waals surface area contributed by atoms with Gasteiger partial charge in [-0.2, -0.15) is 26.3 Å². The molecule has 330 valence electrons. The molecule has 0 spiro atoms. The summed E-state index contributed by atoms with van der Waals surface area (Å²) in [5.41, 5.74) is 17.2. The van der Waals surface area contributed by atoms with Crippen LogP contribution in [0.4, 0.5) is 0 Å². The normalized spacial score (nSPS) is 11.0. The van der Waals surface area contributed by atoms with E-state index in [1.165, 1.54) is 0 Å². The molecule has 12 aromatic rings. The highest BCUT2D eigenvalue weighted by Crippen LogP contribution is 2.42. The number of rotatable bonds is 7. The zero-order valence-corrected chi connectivity index (χ0v) is 38.2. The molecule has 8 heteroatoms. The van der Waals surface area contributed by atoms with E-state index in [-0.39, 0.29) is 0 Å². The van der Waals surface area contributed by atoms with E-state index in [0.717, 1.165) is 105 Å². The molecule has 0 radical (unpaired) electrons. The van der Waals surface area contributed by atoms with Gasteiger partial charge in [0.2, 0.25) is 0 Å². The molecule has 0 unspecified atom stereocenters. The van der Waals surface area contributed by atoms with Crippen molar-refractivity contribution in [1.29, 1.82) is 26.3 Å². The van der Waals surface area contributed by atoms with Crippen LogP contribution in [-0.4, -0.2) is 14.1 Å². The Morgan fingerprint density at radius 2 is 0.694 bits per heavy atom. The van der Waals surface area contributed by atoms with Gasteiger partial charge in [-0.05, 0) is 166 Å². The van der Waals surface area contributed by atoms with E-state index in [4.69, 9.17) is 0 Å². The molecule has 12 rings (SSSR count). The molecular weight excluding hydrogens is 881 g/mol. The predicted molar refractivity (Wildman–Crippen MR) is 284 cm³/mol. The Bertz CT molecular complexity index is 4250. The first-order valence-electron chi connectivity index (χ1n) is 23.1. The van der Waals surface area contributed by atoms with Gasteiger partial charge in [-0.1, -0.05) is 72.8 Å². The Hall–Kier alpha value is -10.8. The number of benzene rings is 9. The third-order valence-corrected chi connectivity index (χ3v) is 13.5. The minimum atomic E-state index is 0.480. The Morgan fingerprint density at radius 3 is 1.07 bits per heavy atom. The van der Waals surface area contributed by atoms with E-state index < -0.39 is 0 Å². The van der Waals surface area contributed by atoms with Crippen LogP contribution in [0, 0.1) is 56.7 Å². The molecule has 0 amide bonds. The lowest BCUT2D eigenvalue weighted by molar-refractivity contribution is 1.15. The van der Waals surface area contributed by atoms with Gasteiger partial charge in [-0.25, -0.2) is 0 Å². The summed E-state index contributed by atoms with van der Waals surface area (Å²) in [6, 6.07) is 75.4. The van der Waals surface area contributed by atoms with Crippen molar-refractivity contribution in [2.24, 2.45) is 0 Å². The first-order valence-corrected chi connectivity index (χ1v) is 23.1. The quantitative estimate of drug-likeness (QED) is 0.156. The van der Waals surface area contributed by atoms with Gasteiger partial charge >= 0.3 is 0 Å². The lowest BCUT2D eigenvalue weighted by atomic mass is 9.99. The summed E-state index contributed by atoms with van der Waals surface area (Å²) < 4.78 is 4.45. The molecule has 0 aliphatic heterocycles. The Balaban J connectivity index is 1.07. The molecule has 3 aromatic heterocycles. The lowest BCUT2D eigenvalue weighted by Gasteiger charge is -2.16. The molecule has 0 atom stereocenters. The van der Waals surface area contributed by atoms with E-state index in [0.29, 0.717) is 33.4 Å². The van der Waals surface area contributed by atoms with Crippen LogP contribution in [-0.2, 0) is 0 Å². The van der Waals surface area contributed by atoms with Gasteiger partial charge in [0.1, 0.15) is 0 Å². The van der Waals surface area contributed by atoms with Crippen LogP contribution in [0.3, 0.4) is 0 Å². The van der Waals surface area contributed by atoms with Gasteiger partial charge < -0.3 is 9.13 Å². The molecule has 0 saturated heterocycles. The van der Waals surface area contributed by atoms with Crippen molar-refractivity contribution in [2.45, 2.75) is 0 Å². The standard InChI is InChI=1S/C64H34N8/c65-34-40-5-1-9-44(25-40)48-14-19-60-55(29-48)56-30-49(45-10-2-6-41(26-45)35-66)15-20-61(56)71(60)53-18-13-52(38-69)54(33-53)59-39-70-24-23-64(59)72-62-21-16-50(46-11-3-7-42(27-46)36-67)31-57(62)58-32-51(17-22-63(58)72)47-12-4-8-43(28-47)37-68/h1-33,39H. The van der Waals surface area contributed by atoms with Crippen LogP contribution in [0.5, 0.6) is 0 Å². The molecule has 72 heavy (non-hydrogen) atoms. The third kappa shape index (κ3) is 7.17. The van der Waals surface area contributed by atoms with Crippen LogP contribution in [0.2, 0.25) is 0 Å². The largest absolute Gasteiger partial charge is 0.309 e. The van der Waals surface area contributed by atoms with Crippen molar-refractivity contribution in [3.63, 3.8) is 0 Å². The second kappa shape index (κ2) is 17.4. The number of fused-ring (bicyclic) bond motifs is 6. The van der Waals surface area contributed by atoms with Crippen LogP contribution < -0.4 is 0 Å². The van der Waals surface area contributed by atoms with Crippen molar-refractivity contribution in [3.8, 4) is 97.4 Å². The highest BCUT2D eigenvalue weighted by atomic mass is 15.0. The number of hydrogen-bond acceptors (Lipinski definition) is 6. The maximum absolute atomic E-state index is 10.8.